The van der Waals surface area contributed by atoms with E-state index in [9.17, 15) is 4.79 Å². The molecule has 0 aliphatic heterocycles. The third kappa shape index (κ3) is 2.89. The summed E-state index contributed by atoms with van der Waals surface area (Å²) in [6, 6.07) is 18.6. The summed E-state index contributed by atoms with van der Waals surface area (Å²) in [6.45, 7) is 4.34. The largest absolute Gasteiger partial charge is 0.268 e. The SMILES string of the molecule is CCC1(C)Cc2ccccc2-c2nc3n(C)nc(SCc4ccccc4)n3c(=O)c21. The van der Waals surface area contributed by atoms with Gasteiger partial charge in [0.2, 0.25) is 5.78 Å². The van der Waals surface area contributed by atoms with E-state index in [1.54, 1.807) is 20.8 Å². The molecule has 0 fully saturated rings. The Labute approximate surface area is 179 Å². The maximum Gasteiger partial charge on any atom is 0.265 e. The van der Waals surface area contributed by atoms with Crippen LogP contribution in [-0.2, 0) is 24.6 Å². The molecule has 1 aliphatic carbocycles. The van der Waals surface area contributed by atoms with Crippen LogP contribution >= 0.6 is 11.8 Å². The number of thioether (sulfide) groups is 1. The van der Waals surface area contributed by atoms with Crippen molar-refractivity contribution in [2.75, 3.05) is 0 Å². The molecule has 5 nitrogen and oxygen atoms in total. The summed E-state index contributed by atoms with van der Waals surface area (Å²) in [6.07, 6.45) is 1.73. The number of benzene rings is 2. The quantitative estimate of drug-likeness (QED) is 0.456. The lowest BCUT2D eigenvalue weighted by Crippen LogP contribution is -2.37. The number of fused-ring (bicyclic) bond motifs is 4. The van der Waals surface area contributed by atoms with Gasteiger partial charge in [-0.3, -0.25) is 4.79 Å². The molecule has 0 spiro atoms. The number of aryl methyl sites for hydroxylation is 1. The monoisotopic (exact) mass is 416 g/mol. The second-order valence-electron chi connectivity index (χ2n) is 8.20. The van der Waals surface area contributed by atoms with E-state index in [2.05, 4.69) is 49.3 Å². The van der Waals surface area contributed by atoms with Gasteiger partial charge in [-0.05, 0) is 24.0 Å². The van der Waals surface area contributed by atoms with E-state index >= 15 is 0 Å². The molecule has 0 amide bonds. The molecular weight excluding hydrogens is 392 g/mol. The van der Waals surface area contributed by atoms with Gasteiger partial charge >= 0.3 is 0 Å². The average Bonchev–Trinajstić information content (AvgIpc) is 3.09. The summed E-state index contributed by atoms with van der Waals surface area (Å²) in [5.74, 6) is 1.34. The van der Waals surface area contributed by atoms with Gasteiger partial charge in [0.05, 0.1) is 11.3 Å². The van der Waals surface area contributed by atoms with Crippen LogP contribution in [0.25, 0.3) is 17.0 Å². The molecule has 1 unspecified atom stereocenters. The van der Waals surface area contributed by atoms with Crippen LogP contribution < -0.4 is 5.56 Å². The highest BCUT2D eigenvalue weighted by molar-refractivity contribution is 7.98. The third-order valence-corrected chi connectivity index (χ3v) is 7.23. The summed E-state index contributed by atoms with van der Waals surface area (Å²) < 4.78 is 3.42. The Morgan fingerprint density at radius 2 is 1.83 bits per heavy atom. The highest BCUT2D eigenvalue weighted by Crippen LogP contribution is 2.42. The van der Waals surface area contributed by atoms with Crippen LogP contribution in [0.2, 0.25) is 0 Å². The second-order valence-corrected chi connectivity index (χ2v) is 9.15. The maximum absolute atomic E-state index is 13.9. The zero-order valence-electron chi connectivity index (χ0n) is 17.4. The lowest BCUT2D eigenvalue weighted by molar-refractivity contribution is 0.439. The molecule has 30 heavy (non-hydrogen) atoms. The topological polar surface area (TPSA) is 52.2 Å². The number of nitrogens with zero attached hydrogens (tertiary/aromatic N) is 4. The Morgan fingerprint density at radius 3 is 2.60 bits per heavy atom. The van der Waals surface area contributed by atoms with Gasteiger partial charge in [0.15, 0.2) is 5.16 Å². The highest BCUT2D eigenvalue weighted by Gasteiger charge is 2.38. The van der Waals surface area contributed by atoms with Crippen molar-refractivity contribution in [3.63, 3.8) is 0 Å². The normalized spacial score (nSPS) is 17.7. The van der Waals surface area contributed by atoms with Crippen molar-refractivity contribution >= 4 is 17.5 Å². The minimum Gasteiger partial charge on any atom is -0.268 e. The second kappa shape index (κ2) is 7.13. The van der Waals surface area contributed by atoms with Gasteiger partial charge in [-0.15, -0.1) is 5.10 Å². The fraction of sp³-hybridized carbons (Fsp3) is 0.292. The van der Waals surface area contributed by atoms with Gasteiger partial charge in [0.25, 0.3) is 5.56 Å². The Morgan fingerprint density at radius 1 is 1.10 bits per heavy atom. The smallest absolute Gasteiger partial charge is 0.265 e. The minimum atomic E-state index is -0.244. The molecule has 0 radical (unpaired) electrons. The summed E-state index contributed by atoms with van der Waals surface area (Å²) in [4.78, 5) is 18.8. The van der Waals surface area contributed by atoms with E-state index in [-0.39, 0.29) is 11.0 Å². The van der Waals surface area contributed by atoms with Crippen molar-refractivity contribution in [1.82, 2.24) is 19.2 Å². The molecule has 4 aromatic rings. The average molecular weight is 417 g/mol. The molecule has 0 saturated heterocycles. The molecule has 1 atom stereocenters. The van der Waals surface area contributed by atoms with Gasteiger partial charge in [-0.1, -0.05) is 80.2 Å². The minimum absolute atomic E-state index is 0.0116. The lowest BCUT2D eigenvalue weighted by Gasteiger charge is -2.34. The molecule has 2 aromatic carbocycles. The lowest BCUT2D eigenvalue weighted by atomic mass is 9.69. The molecule has 152 valence electrons. The molecule has 2 heterocycles. The Balaban J connectivity index is 1.72. The van der Waals surface area contributed by atoms with Gasteiger partial charge in [-0.2, -0.15) is 0 Å². The van der Waals surface area contributed by atoms with Crippen molar-refractivity contribution in [2.45, 2.75) is 43.0 Å². The van der Waals surface area contributed by atoms with Gasteiger partial charge in [-0.25, -0.2) is 14.1 Å². The van der Waals surface area contributed by atoms with Gasteiger partial charge in [0, 0.05) is 23.8 Å². The molecule has 1 aliphatic rings. The number of rotatable bonds is 4. The van der Waals surface area contributed by atoms with E-state index in [0.717, 1.165) is 35.4 Å². The van der Waals surface area contributed by atoms with E-state index in [1.165, 1.54) is 11.1 Å². The van der Waals surface area contributed by atoms with E-state index in [4.69, 9.17) is 4.98 Å². The molecule has 0 bridgehead atoms. The van der Waals surface area contributed by atoms with Crippen LogP contribution in [-0.4, -0.2) is 19.2 Å². The first-order chi connectivity index (χ1) is 14.5. The zero-order valence-corrected chi connectivity index (χ0v) is 18.2. The predicted octanol–water partition coefficient (Wildman–Crippen LogP) is 4.61. The predicted molar refractivity (Wildman–Crippen MR) is 121 cm³/mol. The molecule has 0 saturated carbocycles. The van der Waals surface area contributed by atoms with E-state index < -0.39 is 0 Å². The van der Waals surface area contributed by atoms with Crippen LogP contribution in [0.1, 0.15) is 37.0 Å². The fourth-order valence-corrected chi connectivity index (χ4v) is 5.35. The van der Waals surface area contributed by atoms with Crippen molar-refractivity contribution in [1.29, 1.82) is 0 Å². The van der Waals surface area contributed by atoms with Crippen molar-refractivity contribution in [2.24, 2.45) is 7.05 Å². The number of aromatic nitrogens is 4. The van der Waals surface area contributed by atoms with Crippen LogP contribution in [0, 0.1) is 0 Å². The summed E-state index contributed by atoms with van der Waals surface area (Å²) in [5, 5.41) is 5.34. The summed E-state index contributed by atoms with van der Waals surface area (Å²) >= 11 is 1.57. The van der Waals surface area contributed by atoms with E-state index in [1.807, 2.05) is 31.3 Å². The van der Waals surface area contributed by atoms with Crippen LogP contribution in [0.4, 0.5) is 0 Å². The molecule has 6 heteroatoms. The maximum atomic E-state index is 13.9. The van der Waals surface area contributed by atoms with Crippen molar-refractivity contribution < 1.29 is 0 Å². The Bertz CT molecular complexity index is 1310. The molecule has 0 N–H and O–H groups in total. The standard InChI is InChI=1S/C24H24N4OS/c1-4-24(2)14-17-12-8-9-13-18(17)20-19(24)21(29)28-22(25-20)27(3)26-23(28)30-15-16-10-6-5-7-11-16/h5-13H,4,14-15H2,1-3H3. The summed E-state index contributed by atoms with van der Waals surface area (Å²) in [7, 11) is 1.86. The third-order valence-electron chi connectivity index (χ3n) is 6.23. The fourth-order valence-electron chi connectivity index (χ4n) is 4.39. The van der Waals surface area contributed by atoms with Crippen molar-refractivity contribution in [3.8, 4) is 11.3 Å². The van der Waals surface area contributed by atoms with Crippen LogP contribution in [0.3, 0.4) is 0 Å². The Hall–Kier alpha value is -2.86. The molecular formula is C24H24N4OS. The first kappa shape index (κ1) is 19.1. The van der Waals surface area contributed by atoms with Gasteiger partial charge in [0.1, 0.15) is 0 Å². The highest BCUT2D eigenvalue weighted by atomic mass is 32.2. The van der Waals surface area contributed by atoms with E-state index in [0.29, 0.717) is 10.9 Å². The molecule has 2 aromatic heterocycles. The molecule has 5 rings (SSSR count). The first-order valence-electron chi connectivity index (χ1n) is 10.3. The first-order valence-corrected chi connectivity index (χ1v) is 11.3. The zero-order chi connectivity index (χ0) is 20.9. The van der Waals surface area contributed by atoms with Crippen LogP contribution in [0.15, 0.2) is 64.5 Å². The number of hydrogen-bond donors (Lipinski definition) is 0. The van der Waals surface area contributed by atoms with Crippen LogP contribution in [0.5, 0.6) is 0 Å². The Kier molecular flexibility index (Phi) is 4.54. The number of hydrogen-bond acceptors (Lipinski definition) is 4. The van der Waals surface area contributed by atoms with Gasteiger partial charge < -0.3 is 0 Å². The van der Waals surface area contributed by atoms with Crippen molar-refractivity contribution in [3.05, 3.63) is 81.6 Å². The summed E-state index contributed by atoms with van der Waals surface area (Å²) in [5.41, 5.74) is 4.92.